The molecule has 1 aliphatic carbocycles. The van der Waals surface area contributed by atoms with Gasteiger partial charge in [-0.15, -0.1) is 0 Å². The molecule has 0 aromatic rings. The van der Waals surface area contributed by atoms with Gasteiger partial charge in [0.05, 0.1) is 12.5 Å². The summed E-state index contributed by atoms with van der Waals surface area (Å²) in [6.45, 7) is 6.81. The molecule has 1 heterocycles. The Hall–Kier alpha value is -1.10. The van der Waals surface area contributed by atoms with Crippen LogP contribution in [0.3, 0.4) is 0 Å². The summed E-state index contributed by atoms with van der Waals surface area (Å²) in [5.41, 5.74) is -0.505. The molecule has 114 valence electrons. The number of amides is 1. The highest BCUT2D eigenvalue weighted by Crippen LogP contribution is 2.38. The van der Waals surface area contributed by atoms with Crippen LogP contribution in [0.25, 0.3) is 0 Å². The summed E-state index contributed by atoms with van der Waals surface area (Å²) in [5.74, 6) is 0.346. The lowest BCUT2D eigenvalue weighted by Crippen LogP contribution is -2.32. The van der Waals surface area contributed by atoms with Gasteiger partial charge >= 0.3 is 5.97 Å². The van der Waals surface area contributed by atoms with E-state index in [1.807, 2.05) is 20.8 Å². The Bertz CT molecular complexity index is 388. The van der Waals surface area contributed by atoms with Crippen molar-refractivity contribution in [1.82, 2.24) is 4.90 Å². The van der Waals surface area contributed by atoms with E-state index in [0.717, 1.165) is 19.4 Å². The van der Waals surface area contributed by atoms with Gasteiger partial charge in [0, 0.05) is 25.4 Å². The zero-order valence-electron chi connectivity index (χ0n) is 12.6. The lowest BCUT2D eigenvalue weighted by molar-refractivity contribution is -0.156. The van der Waals surface area contributed by atoms with Crippen molar-refractivity contribution in [3.05, 3.63) is 0 Å². The first kappa shape index (κ1) is 15.3. The highest BCUT2D eigenvalue weighted by Gasteiger charge is 2.43. The minimum absolute atomic E-state index is 0.00235. The Balaban J connectivity index is 1.75. The van der Waals surface area contributed by atoms with E-state index in [4.69, 9.17) is 4.74 Å². The number of aliphatic hydroxyl groups is 1. The molecule has 1 N–H and O–H groups in total. The zero-order chi connectivity index (χ0) is 14.9. The van der Waals surface area contributed by atoms with Gasteiger partial charge in [0.1, 0.15) is 5.60 Å². The topological polar surface area (TPSA) is 66.8 Å². The van der Waals surface area contributed by atoms with Gasteiger partial charge in [-0.05, 0) is 39.5 Å². The summed E-state index contributed by atoms with van der Waals surface area (Å²) < 4.78 is 5.19. The normalized spacial score (nSPS) is 29.4. The van der Waals surface area contributed by atoms with Crippen LogP contribution in [-0.2, 0) is 14.3 Å². The van der Waals surface area contributed by atoms with Gasteiger partial charge in [0.2, 0.25) is 5.91 Å². The van der Waals surface area contributed by atoms with Crippen molar-refractivity contribution in [3.8, 4) is 0 Å². The molecule has 1 aliphatic heterocycles. The van der Waals surface area contributed by atoms with Gasteiger partial charge in [0.25, 0.3) is 0 Å². The van der Waals surface area contributed by atoms with Crippen molar-refractivity contribution in [2.75, 3.05) is 13.1 Å². The molecular formula is C15H25NO4. The molecule has 5 nitrogen and oxygen atoms in total. The number of aliphatic hydroxyl groups excluding tert-OH is 1. The number of hydrogen-bond donors (Lipinski definition) is 1. The third kappa shape index (κ3) is 3.72. The number of ether oxygens (including phenoxy) is 1. The largest absolute Gasteiger partial charge is 0.460 e. The number of hydrogen-bond acceptors (Lipinski definition) is 4. The van der Waals surface area contributed by atoms with Crippen LogP contribution in [0.5, 0.6) is 0 Å². The fourth-order valence-electron chi connectivity index (χ4n) is 3.20. The first-order chi connectivity index (χ1) is 9.26. The van der Waals surface area contributed by atoms with Gasteiger partial charge < -0.3 is 14.7 Å². The predicted molar refractivity (Wildman–Crippen MR) is 73.9 cm³/mol. The molecule has 0 spiro atoms. The summed E-state index contributed by atoms with van der Waals surface area (Å²) in [4.78, 5) is 25.5. The summed E-state index contributed by atoms with van der Waals surface area (Å²) >= 11 is 0. The smallest absolute Gasteiger partial charge is 0.306 e. The Kier molecular flexibility index (Phi) is 4.37. The second kappa shape index (κ2) is 5.72. The van der Waals surface area contributed by atoms with E-state index in [0.29, 0.717) is 12.5 Å². The van der Waals surface area contributed by atoms with Crippen LogP contribution in [0.1, 0.15) is 46.5 Å². The fraction of sp³-hybridized carbons (Fsp3) is 0.867. The van der Waals surface area contributed by atoms with E-state index in [2.05, 4.69) is 0 Å². The van der Waals surface area contributed by atoms with E-state index < -0.39 is 5.60 Å². The fourth-order valence-corrected chi connectivity index (χ4v) is 3.20. The molecule has 20 heavy (non-hydrogen) atoms. The maximum absolute atomic E-state index is 12.1. The second-order valence-electron chi connectivity index (χ2n) is 6.95. The third-order valence-electron chi connectivity index (χ3n) is 4.13. The van der Waals surface area contributed by atoms with E-state index in [-0.39, 0.29) is 36.7 Å². The highest BCUT2D eigenvalue weighted by molar-refractivity contribution is 5.81. The molecule has 3 atom stereocenters. The molecule has 3 unspecified atom stereocenters. The molecule has 0 bridgehead atoms. The number of fused-ring (bicyclic) bond motifs is 1. The average Bonchev–Trinajstić information content (AvgIpc) is 2.87. The van der Waals surface area contributed by atoms with E-state index in [1.165, 1.54) is 0 Å². The Labute approximate surface area is 120 Å². The van der Waals surface area contributed by atoms with Crippen LogP contribution in [-0.4, -0.2) is 46.7 Å². The van der Waals surface area contributed by atoms with Crippen LogP contribution in [0.2, 0.25) is 0 Å². The Morgan fingerprint density at radius 1 is 1.20 bits per heavy atom. The van der Waals surface area contributed by atoms with Crippen molar-refractivity contribution in [1.29, 1.82) is 0 Å². The third-order valence-corrected chi connectivity index (χ3v) is 4.13. The quantitative estimate of drug-likeness (QED) is 0.794. The molecule has 0 aromatic carbocycles. The minimum Gasteiger partial charge on any atom is -0.460 e. The maximum atomic E-state index is 12.1. The van der Waals surface area contributed by atoms with Crippen molar-refractivity contribution in [2.45, 2.75) is 58.2 Å². The molecule has 2 rings (SSSR count). The van der Waals surface area contributed by atoms with Crippen LogP contribution >= 0.6 is 0 Å². The minimum atomic E-state index is -0.505. The highest BCUT2D eigenvalue weighted by atomic mass is 16.6. The van der Waals surface area contributed by atoms with E-state index >= 15 is 0 Å². The van der Waals surface area contributed by atoms with Crippen molar-refractivity contribution in [2.24, 2.45) is 11.8 Å². The summed E-state index contributed by atoms with van der Waals surface area (Å²) in [6.07, 6.45) is 1.93. The SMILES string of the molecule is CC(C)(C)OC(=O)CCC(=O)N1CC2CCC(O)C2C1. The average molecular weight is 283 g/mol. The summed E-state index contributed by atoms with van der Waals surface area (Å²) in [5, 5.41) is 9.83. The maximum Gasteiger partial charge on any atom is 0.306 e. The molecule has 1 saturated carbocycles. The van der Waals surface area contributed by atoms with Gasteiger partial charge in [-0.1, -0.05) is 0 Å². The number of esters is 1. The molecule has 2 fully saturated rings. The predicted octanol–water partition coefficient (Wildman–Crippen LogP) is 1.34. The number of carbonyl (C=O) groups is 2. The Morgan fingerprint density at radius 3 is 2.50 bits per heavy atom. The standard InChI is InChI=1S/C15H25NO4/c1-15(2,3)20-14(19)7-6-13(18)16-8-10-4-5-12(17)11(10)9-16/h10-12,17H,4-9H2,1-3H3. The lowest BCUT2D eigenvalue weighted by Gasteiger charge is -2.21. The Morgan fingerprint density at radius 2 is 1.90 bits per heavy atom. The first-order valence-corrected chi connectivity index (χ1v) is 7.44. The zero-order valence-corrected chi connectivity index (χ0v) is 12.6. The van der Waals surface area contributed by atoms with Gasteiger partial charge in [-0.3, -0.25) is 9.59 Å². The number of rotatable bonds is 3. The van der Waals surface area contributed by atoms with Crippen molar-refractivity contribution < 1.29 is 19.4 Å². The first-order valence-electron chi connectivity index (χ1n) is 7.44. The lowest BCUT2D eigenvalue weighted by atomic mass is 10.00. The molecule has 0 radical (unpaired) electrons. The van der Waals surface area contributed by atoms with Gasteiger partial charge in [-0.25, -0.2) is 0 Å². The molecule has 1 amide bonds. The number of nitrogens with zero attached hydrogens (tertiary/aromatic N) is 1. The molecule has 1 saturated heterocycles. The van der Waals surface area contributed by atoms with Gasteiger partial charge in [-0.2, -0.15) is 0 Å². The molecule has 5 heteroatoms. The second-order valence-corrected chi connectivity index (χ2v) is 6.95. The summed E-state index contributed by atoms with van der Waals surface area (Å²) in [7, 11) is 0. The van der Waals surface area contributed by atoms with Crippen LogP contribution in [0.4, 0.5) is 0 Å². The monoisotopic (exact) mass is 283 g/mol. The number of carbonyl (C=O) groups excluding carboxylic acids is 2. The summed E-state index contributed by atoms with van der Waals surface area (Å²) in [6, 6.07) is 0. The molecular weight excluding hydrogens is 258 g/mol. The van der Waals surface area contributed by atoms with Crippen LogP contribution < -0.4 is 0 Å². The molecule has 2 aliphatic rings. The molecule has 0 aromatic heterocycles. The van der Waals surface area contributed by atoms with Crippen LogP contribution in [0, 0.1) is 11.8 Å². The van der Waals surface area contributed by atoms with Gasteiger partial charge in [0.15, 0.2) is 0 Å². The van der Waals surface area contributed by atoms with Crippen molar-refractivity contribution in [3.63, 3.8) is 0 Å². The van der Waals surface area contributed by atoms with E-state index in [9.17, 15) is 14.7 Å². The number of likely N-dealkylation sites (tertiary alicyclic amines) is 1. The van der Waals surface area contributed by atoms with E-state index in [1.54, 1.807) is 4.90 Å². The van der Waals surface area contributed by atoms with Crippen LogP contribution in [0.15, 0.2) is 0 Å². The van der Waals surface area contributed by atoms with Crippen molar-refractivity contribution >= 4 is 11.9 Å².